The van der Waals surface area contributed by atoms with Gasteiger partial charge in [-0.1, -0.05) is 103 Å². The Morgan fingerprint density at radius 3 is 1.51 bits per heavy atom. The molecule has 0 fully saturated rings. The van der Waals surface area contributed by atoms with Crippen LogP contribution in [0.1, 0.15) is 16.7 Å². The SMILES string of the molecule is c1ccc(C(Oc2ccc(-c3nc4ccccc4[nH]3)cc2)(c2ccccc2)c2ccccc2)cc1. The first-order valence-corrected chi connectivity index (χ1v) is 11.7. The molecule has 0 amide bonds. The molecule has 6 rings (SSSR count). The molecular formula is C32H24N2O. The van der Waals surface area contributed by atoms with Gasteiger partial charge in [0.1, 0.15) is 11.6 Å². The van der Waals surface area contributed by atoms with E-state index >= 15 is 0 Å². The average Bonchev–Trinajstić information content (AvgIpc) is 3.38. The molecule has 1 aromatic heterocycles. The van der Waals surface area contributed by atoms with Crippen LogP contribution in [0.5, 0.6) is 5.75 Å². The lowest BCUT2D eigenvalue weighted by atomic mass is 9.80. The number of para-hydroxylation sites is 2. The number of nitrogens with one attached hydrogen (secondary N) is 1. The van der Waals surface area contributed by atoms with E-state index in [4.69, 9.17) is 9.72 Å². The lowest BCUT2D eigenvalue weighted by Gasteiger charge is -2.36. The van der Waals surface area contributed by atoms with Crippen molar-refractivity contribution < 1.29 is 4.74 Å². The number of ether oxygens (including phenoxy) is 1. The van der Waals surface area contributed by atoms with Gasteiger partial charge in [0, 0.05) is 22.3 Å². The molecule has 3 heteroatoms. The maximum absolute atomic E-state index is 6.98. The lowest BCUT2D eigenvalue weighted by Crippen LogP contribution is -2.36. The van der Waals surface area contributed by atoms with Crippen molar-refractivity contribution in [2.45, 2.75) is 5.60 Å². The minimum atomic E-state index is -0.801. The summed E-state index contributed by atoms with van der Waals surface area (Å²) in [5.74, 6) is 1.62. The van der Waals surface area contributed by atoms with E-state index in [1.54, 1.807) is 0 Å². The number of nitrogens with zero attached hydrogens (tertiary/aromatic N) is 1. The third kappa shape index (κ3) is 3.87. The second kappa shape index (κ2) is 8.96. The predicted molar refractivity (Wildman–Crippen MR) is 141 cm³/mol. The van der Waals surface area contributed by atoms with Crippen molar-refractivity contribution in [1.29, 1.82) is 0 Å². The minimum absolute atomic E-state index is 0.779. The second-order valence-corrected chi connectivity index (χ2v) is 8.51. The van der Waals surface area contributed by atoms with E-state index in [2.05, 4.69) is 89.9 Å². The molecule has 0 aliphatic rings. The van der Waals surface area contributed by atoms with Gasteiger partial charge in [-0.25, -0.2) is 4.98 Å². The van der Waals surface area contributed by atoms with E-state index in [-0.39, 0.29) is 0 Å². The van der Waals surface area contributed by atoms with Crippen LogP contribution in [0.3, 0.4) is 0 Å². The molecule has 6 aromatic rings. The Hall–Kier alpha value is -4.63. The monoisotopic (exact) mass is 452 g/mol. The van der Waals surface area contributed by atoms with Crippen molar-refractivity contribution in [2.24, 2.45) is 0 Å². The Labute approximate surface area is 204 Å². The zero-order valence-electron chi connectivity index (χ0n) is 19.1. The molecule has 0 radical (unpaired) electrons. The molecule has 35 heavy (non-hydrogen) atoms. The number of imidazole rings is 1. The van der Waals surface area contributed by atoms with Crippen LogP contribution in [0.15, 0.2) is 140 Å². The van der Waals surface area contributed by atoms with E-state index in [1.165, 1.54) is 0 Å². The fourth-order valence-corrected chi connectivity index (χ4v) is 4.64. The first-order valence-electron chi connectivity index (χ1n) is 11.7. The van der Waals surface area contributed by atoms with E-state index in [1.807, 2.05) is 54.6 Å². The zero-order valence-corrected chi connectivity index (χ0v) is 19.1. The molecule has 5 aromatic carbocycles. The highest BCUT2D eigenvalue weighted by Crippen LogP contribution is 2.41. The van der Waals surface area contributed by atoms with Crippen LogP contribution in [0, 0.1) is 0 Å². The standard InChI is InChI=1S/C32H24N2O/c1-4-12-25(13-5-1)32(26-14-6-2-7-15-26,27-16-8-3-9-17-27)35-28-22-20-24(21-23-28)31-33-29-18-10-11-19-30(29)34-31/h1-23H,(H,33,34). The van der Waals surface area contributed by atoms with Crippen LogP contribution in [0.4, 0.5) is 0 Å². The normalized spacial score (nSPS) is 11.4. The van der Waals surface area contributed by atoms with Gasteiger partial charge in [0.25, 0.3) is 0 Å². The van der Waals surface area contributed by atoms with Crippen molar-refractivity contribution in [2.75, 3.05) is 0 Å². The third-order valence-corrected chi connectivity index (χ3v) is 6.33. The maximum Gasteiger partial charge on any atom is 0.184 e. The Bertz CT molecular complexity index is 1410. The highest BCUT2D eigenvalue weighted by atomic mass is 16.5. The number of hydrogen-bond donors (Lipinski definition) is 1. The molecular weight excluding hydrogens is 428 g/mol. The van der Waals surface area contributed by atoms with Crippen LogP contribution >= 0.6 is 0 Å². The lowest BCUT2D eigenvalue weighted by molar-refractivity contribution is 0.155. The van der Waals surface area contributed by atoms with E-state index in [9.17, 15) is 0 Å². The van der Waals surface area contributed by atoms with Gasteiger partial charge < -0.3 is 9.72 Å². The molecule has 0 unspecified atom stereocenters. The molecule has 3 nitrogen and oxygen atoms in total. The number of hydrogen-bond acceptors (Lipinski definition) is 2. The van der Waals surface area contributed by atoms with Crippen LogP contribution in [-0.2, 0) is 5.60 Å². The number of aromatic nitrogens is 2. The van der Waals surface area contributed by atoms with Crippen molar-refractivity contribution >= 4 is 11.0 Å². The smallest absolute Gasteiger partial charge is 0.184 e. The summed E-state index contributed by atoms with van der Waals surface area (Å²) in [6.45, 7) is 0. The second-order valence-electron chi connectivity index (χ2n) is 8.51. The topological polar surface area (TPSA) is 37.9 Å². The van der Waals surface area contributed by atoms with Crippen molar-refractivity contribution in [3.63, 3.8) is 0 Å². The maximum atomic E-state index is 6.98. The number of benzene rings is 5. The summed E-state index contributed by atoms with van der Waals surface area (Å²) in [6.07, 6.45) is 0. The van der Waals surface area contributed by atoms with E-state index in [0.717, 1.165) is 44.9 Å². The van der Waals surface area contributed by atoms with Gasteiger partial charge >= 0.3 is 0 Å². The van der Waals surface area contributed by atoms with Crippen LogP contribution in [0.25, 0.3) is 22.4 Å². The Kier molecular flexibility index (Phi) is 5.36. The third-order valence-electron chi connectivity index (χ3n) is 6.33. The average molecular weight is 453 g/mol. The van der Waals surface area contributed by atoms with E-state index < -0.39 is 5.60 Å². The summed E-state index contributed by atoms with van der Waals surface area (Å²) in [6, 6.07) is 47.4. The summed E-state index contributed by atoms with van der Waals surface area (Å²) < 4.78 is 6.98. The van der Waals surface area contributed by atoms with Crippen LogP contribution in [-0.4, -0.2) is 9.97 Å². The molecule has 0 saturated heterocycles. The highest BCUT2D eigenvalue weighted by Gasteiger charge is 2.38. The molecule has 1 heterocycles. The largest absolute Gasteiger partial charge is 0.473 e. The first-order chi connectivity index (χ1) is 17.3. The summed E-state index contributed by atoms with van der Waals surface area (Å²) >= 11 is 0. The number of aromatic amines is 1. The van der Waals surface area contributed by atoms with Gasteiger partial charge in [0.15, 0.2) is 5.60 Å². The van der Waals surface area contributed by atoms with Gasteiger partial charge in [-0.05, 0) is 36.4 Å². The molecule has 0 aliphatic carbocycles. The zero-order chi connectivity index (χ0) is 23.5. The first kappa shape index (κ1) is 20.9. The van der Waals surface area contributed by atoms with Gasteiger partial charge in [0.2, 0.25) is 0 Å². The molecule has 0 spiro atoms. The van der Waals surface area contributed by atoms with Gasteiger partial charge in [-0.3, -0.25) is 0 Å². The fourth-order valence-electron chi connectivity index (χ4n) is 4.64. The molecule has 1 N–H and O–H groups in total. The highest BCUT2D eigenvalue weighted by molar-refractivity contribution is 5.79. The molecule has 0 aliphatic heterocycles. The summed E-state index contributed by atoms with van der Waals surface area (Å²) in [4.78, 5) is 8.14. The number of fused-ring (bicyclic) bond motifs is 1. The van der Waals surface area contributed by atoms with Crippen LogP contribution < -0.4 is 4.74 Å². The Morgan fingerprint density at radius 2 is 1.00 bits per heavy atom. The Morgan fingerprint density at radius 1 is 0.514 bits per heavy atom. The Balaban J connectivity index is 1.46. The quantitative estimate of drug-likeness (QED) is 0.264. The van der Waals surface area contributed by atoms with Crippen molar-refractivity contribution in [3.8, 4) is 17.1 Å². The number of H-pyrrole nitrogens is 1. The van der Waals surface area contributed by atoms with Crippen molar-refractivity contribution in [1.82, 2.24) is 9.97 Å². The minimum Gasteiger partial charge on any atom is -0.473 e. The molecule has 168 valence electrons. The van der Waals surface area contributed by atoms with E-state index in [0.29, 0.717) is 0 Å². The van der Waals surface area contributed by atoms with Gasteiger partial charge in [0.05, 0.1) is 11.0 Å². The van der Waals surface area contributed by atoms with Gasteiger partial charge in [-0.2, -0.15) is 0 Å². The molecule has 0 atom stereocenters. The molecule has 0 bridgehead atoms. The molecule has 0 saturated carbocycles. The summed E-state index contributed by atoms with van der Waals surface area (Å²) in [7, 11) is 0. The summed E-state index contributed by atoms with van der Waals surface area (Å²) in [5.41, 5.74) is 5.40. The number of rotatable bonds is 6. The fraction of sp³-hybridized carbons (Fsp3) is 0.0312. The van der Waals surface area contributed by atoms with Crippen LogP contribution in [0.2, 0.25) is 0 Å². The summed E-state index contributed by atoms with van der Waals surface area (Å²) in [5, 5.41) is 0. The predicted octanol–water partition coefficient (Wildman–Crippen LogP) is 7.60. The van der Waals surface area contributed by atoms with Crippen molar-refractivity contribution in [3.05, 3.63) is 156 Å². The van der Waals surface area contributed by atoms with Gasteiger partial charge in [-0.15, -0.1) is 0 Å².